The summed E-state index contributed by atoms with van der Waals surface area (Å²) in [5, 5.41) is 0. The summed E-state index contributed by atoms with van der Waals surface area (Å²) in [6.45, 7) is 0. The van der Waals surface area contributed by atoms with E-state index in [0.29, 0.717) is 0 Å². The van der Waals surface area contributed by atoms with E-state index < -0.39 is 0 Å². The predicted octanol–water partition coefficient (Wildman–Crippen LogP) is 2.27. The number of H-pyrrole nitrogens is 1. The lowest BCUT2D eigenvalue weighted by atomic mass is 10.3. The SMILES string of the molecule is c1coc(-c2cc[nH]c2)c1. The van der Waals surface area contributed by atoms with Crippen molar-refractivity contribution < 1.29 is 4.42 Å². The van der Waals surface area contributed by atoms with Gasteiger partial charge in [0.1, 0.15) is 5.76 Å². The summed E-state index contributed by atoms with van der Waals surface area (Å²) in [6.07, 6.45) is 5.44. The molecule has 2 aromatic heterocycles. The molecule has 0 amide bonds. The molecule has 0 fully saturated rings. The van der Waals surface area contributed by atoms with Crippen molar-refractivity contribution >= 4 is 0 Å². The van der Waals surface area contributed by atoms with Crippen molar-refractivity contribution in [2.24, 2.45) is 0 Å². The molecule has 0 unspecified atom stereocenters. The number of furan rings is 1. The molecule has 0 saturated heterocycles. The van der Waals surface area contributed by atoms with E-state index >= 15 is 0 Å². The third kappa shape index (κ3) is 0.739. The molecule has 0 aliphatic heterocycles. The van der Waals surface area contributed by atoms with Gasteiger partial charge in [-0.25, -0.2) is 0 Å². The van der Waals surface area contributed by atoms with Crippen LogP contribution >= 0.6 is 0 Å². The highest BCUT2D eigenvalue weighted by atomic mass is 16.3. The summed E-state index contributed by atoms with van der Waals surface area (Å²) in [4.78, 5) is 2.96. The van der Waals surface area contributed by atoms with Gasteiger partial charge in [0, 0.05) is 18.0 Å². The van der Waals surface area contributed by atoms with Gasteiger partial charge in [-0.2, -0.15) is 0 Å². The third-order valence-corrected chi connectivity index (χ3v) is 1.40. The maximum Gasteiger partial charge on any atom is 0.135 e. The molecular weight excluding hydrogens is 126 g/mol. The fourth-order valence-electron chi connectivity index (χ4n) is 0.920. The summed E-state index contributed by atoms with van der Waals surface area (Å²) in [5.41, 5.74) is 1.09. The molecule has 2 nitrogen and oxygen atoms in total. The average molecular weight is 133 g/mol. The molecule has 2 rings (SSSR count). The Hall–Kier alpha value is -1.44. The average Bonchev–Trinajstić information content (AvgIpc) is 2.59. The first-order valence-corrected chi connectivity index (χ1v) is 3.13. The Morgan fingerprint density at radius 3 is 2.90 bits per heavy atom. The Kier molecular flexibility index (Phi) is 1.10. The minimum Gasteiger partial charge on any atom is -0.464 e. The van der Waals surface area contributed by atoms with Gasteiger partial charge in [0.05, 0.1) is 6.26 Å². The molecule has 0 bridgehead atoms. The van der Waals surface area contributed by atoms with Crippen LogP contribution in [0.2, 0.25) is 0 Å². The summed E-state index contributed by atoms with van der Waals surface area (Å²) in [5.74, 6) is 0.904. The van der Waals surface area contributed by atoms with Gasteiger partial charge in [0.2, 0.25) is 0 Å². The van der Waals surface area contributed by atoms with E-state index in [1.807, 2.05) is 30.6 Å². The first kappa shape index (κ1) is 5.35. The van der Waals surface area contributed by atoms with Crippen molar-refractivity contribution in [3.05, 3.63) is 36.9 Å². The monoisotopic (exact) mass is 133 g/mol. The molecular formula is C8H7NO. The van der Waals surface area contributed by atoms with Crippen LogP contribution < -0.4 is 0 Å². The maximum atomic E-state index is 5.16. The number of rotatable bonds is 1. The van der Waals surface area contributed by atoms with Crippen molar-refractivity contribution in [1.29, 1.82) is 0 Å². The largest absolute Gasteiger partial charge is 0.464 e. The van der Waals surface area contributed by atoms with Gasteiger partial charge in [-0.05, 0) is 18.2 Å². The minimum absolute atomic E-state index is 0.904. The number of nitrogens with one attached hydrogen (secondary N) is 1. The highest BCUT2D eigenvalue weighted by Gasteiger charge is 1.97. The number of aromatic amines is 1. The molecule has 0 atom stereocenters. The molecule has 50 valence electrons. The van der Waals surface area contributed by atoms with E-state index in [-0.39, 0.29) is 0 Å². The summed E-state index contributed by atoms with van der Waals surface area (Å²) in [7, 11) is 0. The highest BCUT2D eigenvalue weighted by Crippen LogP contribution is 2.17. The molecule has 1 N–H and O–H groups in total. The molecule has 2 heteroatoms. The molecule has 0 aliphatic carbocycles. The van der Waals surface area contributed by atoms with Gasteiger partial charge in [-0.15, -0.1) is 0 Å². The van der Waals surface area contributed by atoms with E-state index in [0.717, 1.165) is 11.3 Å². The van der Waals surface area contributed by atoms with Crippen molar-refractivity contribution in [2.45, 2.75) is 0 Å². The number of hydrogen-bond acceptors (Lipinski definition) is 1. The number of hydrogen-bond donors (Lipinski definition) is 1. The molecule has 2 heterocycles. The smallest absolute Gasteiger partial charge is 0.135 e. The van der Waals surface area contributed by atoms with Crippen LogP contribution in [-0.4, -0.2) is 4.98 Å². The normalized spacial score (nSPS) is 10.0. The third-order valence-electron chi connectivity index (χ3n) is 1.40. The Bertz CT molecular complexity index is 249. The van der Waals surface area contributed by atoms with Gasteiger partial charge in [-0.3, -0.25) is 0 Å². The summed E-state index contributed by atoms with van der Waals surface area (Å²) < 4.78 is 5.16. The lowest BCUT2D eigenvalue weighted by molar-refractivity contribution is 0.582. The number of aromatic nitrogens is 1. The Morgan fingerprint density at radius 1 is 1.30 bits per heavy atom. The molecule has 0 radical (unpaired) electrons. The summed E-state index contributed by atoms with van der Waals surface area (Å²) in [6, 6.07) is 5.78. The van der Waals surface area contributed by atoms with Crippen molar-refractivity contribution in [3.8, 4) is 11.3 Å². The van der Waals surface area contributed by atoms with Crippen LogP contribution in [0.25, 0.3) is 11.3 Å². The topological polar surface area (TPSA) is 28.9 Å². The second-order valence-corrected chi connectivity index (χ2v) is 2.08. The lowest BCUT2D eigenvalue weighted by Gasteiger charge is -1.85. The summed E-state index contributed by atoms with van der Waals surface area (Å²) >= 11 is 0. The molecule has 10 heavy (non-hydrogen) atoms. The molecule has 0 aliphatic rings. The van der Waals surface area contributed by atoms with Crippen LogP contribution in [0.5, 0.6) is 0 Å². The van der Waals surface area contributed by atoms with Gasteiger partial charge in [0.15, 0.2) is 0 Å². The van der Waals surface area contributed by atoms with Crippen LogP contribution in [-0.2, 0) is 0 Å². The van der Waals surface area contributed by atoms with Crippen LogP contribution in [0.1, 0.15) is 0 Å². The minimum atomic E-state index is 0.904. The van der Waals surface area contributed by atoms with Crippen molar-refractivity contribution in [3.63, 3.8) is 0 Å². The zero-order valence-electron chi connectivity index (χ0n) is 5.37. The first-order chi connectivity index (χ1) is 4.97. The van der Waals surface area contributed by atoms with Crippen LogP contribution in [0.4, 0.5) is 0 Å². The second kappa shape index (κ2) is 2.06. The first-order valence-electron chi connectivity index (χ1n) is 3.13. The lowest BCUT2D eigenvalue weighted by Crippen LogP contribution is -1.62. The van der Waals surface area contributed by atoms with Crippen molar-refractivity contribution in [2.75, 3.05) is 0 Å². The van der Waals surface area contributed by atoms with Crippen LogP contribution in [0.15, 0.2) is 41.3 Å². The highest BCUT2D eigenvalue weighted by molar-refractivity contribution is 5.55. The zero-order valence-corrected chi connectivity index (χ0v) is 5.37. The van der Waals surface area contributed by atoms with E-state index in [4.69, 9.17) is 4.42 Å². The van der Waals surface area contributed by atoms with Crippen molar-refractivity contribution in [1.82, 2.24) is 4.98 Å². The zero-order chi connectivity index (χ0) is 6.81. The Morgan fingerprint density at radius 2 is 2.30 bits per heavy atom. The van der Waals surface area contributed by atoms with Gasteiger partial charge < -0.3 is 9.40 Å². The Labute approximate surface area is 58.5 Å². The van der Waals surface area contributed by atoms with Crippen LogP contribution in [0, 0.1) is 0 Å². The van der Waals surface area contributed by atoms with Crippen LogP contribution in [0.3, 0.4) is 0 Å². The van der Waals surface area contributed by atoms with E-state index in [1.54, 1.807) is 6.26 Å². The van der Waals surface area contributed by atoms with Gasteiger partial charge in [-0.1, -0.05) is 0 Å². The molecule has 0 saturated carbocycles. The fourth-order valence-corrected chi connectivity index (χ4v) is 0.920. The molecule has 0 aromatic carbocycles. The van der Waals surface area contributed by atoms with Gasteiger partial charge in [0.25, 0.3) is 0 Å². The van der Waals surface area contributed by atoms with E-state index in [9.17, 15) is 0 Å². The quantitative estimate of drug-likeness (QED) is 0.635. The second-order valence-electron chi connectivity index (χ2n) is 2.08. The molecule has 0 spiro atoms. The maximum absolute atomic E-state index is 5.16. The van der Waals surface area contributed by atoms with E-state index in [1.165, 1.54) is 0 Å². The predicted molar refractivity (Wildman–Crippen MR) is 38.5 cm³/mol. The standard InChI is InChI=1S/C8H7NO/c1-2-8(10-5-1)7-3-4-9-6-7/h1-6,9H. The fraction of sp³-hybridized carbons (Fsp3) is 0. The molecule has 2 aromatic rings. The van der Waals surface area contributed by atoms with Gasteiger partial charge >= 0.3 is 0 Å². The Balaban J connectivity index is 2.48. The van der Waals surface area contributed by atoms with E-state index in [2.05, 4.69) is 4.98 Å².